The van der Waals surface area contributed by atoms with Crippen LogP contribution in [0.3, 0.4) is 0 Å². The van der Waals surface area contributed by atoms with E-state index < -0.39 is 24.1 Å². The molecule has 2 amide bonds. The highest BCUT2D eigenvalue weighted by Gasteiger charge is 2.38. The van der Waals surface area contributed by atoms with Crippen LogP contribution in [0, 0.1) is 5.82 Å². The summed E-state index contributed by atoms with van der Waals surface area (Å²) in [7, 11) is 0. The number of aryl methyl sites for hydroxylation is 1. The number of halogens is 3. The van der Waals surface area contributed by atoms with E-state index in [4.69, 9.17) is 5.73 Å². The number of benzene rings is 1. The van der Waals surface area contributed by atoms with Crippen LogP contribution in [0.5, 0.6) is 0 Å². The minimum Gasteiger partial charge on any atom is -0.369 e. The fourth-order valence-corrected chi connectivity index (χ4v) is 4.76. The predicted octanol–water partition coefficient (Wildman–Crippen LogP) is 2.73. The number of hydrogen-bond donors (Lipinski definition) is 3. The largest absolute Gasteiger partial charge is 0.369 e. The smallest absolute Gasteiger partial charge is 0.252 e. The number of nitrogens with one attached hydrogen (secondary N) is 2. The lowest BCUT2D eigenvalue weighted by molar-refractivity contribution is -0.118. The minimum absolute atomic E-state index is 0.145. The number of fused-ring (bicyclic) bond motifs is 3. The molecule has 1 aliphatic heterocycles. The molecule has 1 aromatic carbocycles. The Kier molecular flexibility index (Phi) is 5.45. The zero-order valence-electron chi connectivity index (χ0n) is 17.1. The normalized spacial score (nSPS) is 20.4. The van der Waals surface area contributed by atoms with Crippen LogP contribution in [-0.2, 0) is 28.9 Å². The Hall–Kier alpha value is -2.97. The maximum Gasteiger partial charge on any atom is 0.252 e. The Balaban J connectivity index is 1.84. The van der Waals surface area contributed by atoms with E-state index in [0.717, 1.165) is 6.42 Å². The fourth-order valence-electron chi connectivity index (χ4n) is 4.76. The number of alkyl halides is 2. The lowest BCUT2D eigenvalue weighted by Gasteiger charge is -2.35. The quantitative estimate of drug-likeness (QED) is 0.632. The van der Waals surface area contributed by atoms with Crippen LogP contribution in [-0.4, -0.2) is 41.9 Å². The van der Waals surface area contributed by atoms with Crippen molar-refractivity contribution in [3.8, 4) is 0 Å². The van der Waals surface area contributed by atoms with Crippen molar-refractivity contribution in [1.82, 2.24) is 10.3 Å². The SMILES string of the molecule is C=CC(=O)N[C@H]1CCCN(c2c(F)cc(CC(N)=O)c3[nH]c4c(c23)CC(F)(F)CC4)C1. The molecular formula is C22H25F3N4O2. The van der Waals surface area contributed by atoms with Gasteiger partial charge in [-0.05, 0) is 42.5 Å². The molecule has 0 radical (unpaired) electrons. The topological polar surface area (TPSA) is 91.2 Å². The molecule has 1 atom stereocenters. The summed E-state index contributed by atoms with van der Waals surface area (Å²) in [5, 5.41) is 3.22. The van der Waals surface area contributed by atoms with Crippen LogP contribution in [0.2, 0.25) is 0 Å². The van der Waals surface area contributed by atoms with E-state index in [2.05, 4.69) is 16.9 Å². The third-order valence-corrected chi connectivity index (χ3v) is 6.09. The molecule has 1 fully saturated rings. The molecule has 4 N–H and O–H groups in total. The van der Waals surface area contributed by atoms with Crippen LogP contribution in [0.15, 0.2) is 18.7 Å². The molecule has 1 aromatic heterocycles. The summed E-state index contributed by atoms with van der Waals surface area (Å²) in [5.74, 6) is -4.41. The average Bonchev–Trinajstić information content (AvgIpc) is 3.05. The molecule has 6 nitrogen and oxygen atoms in total. The van der Waals surface area contributed by atoms with Crippen molar-refractivity contribution in [1.29, 1.82) is 0 Å². The third kappa shape index (κ3) is 4.13. The Morgan fingerprint density at radius 2 is 2.19 bits per heavy atom. The highest BCUT2D eigenvalue weighted by Crippen LogP contribution is 2.43. The van der Waals surface area contributed by atoms with Gasteiger partial charge in [0.05, 0.1) is 17.6 Å². The standard InChI is InChI=1S/C22H25F3N4O2/c1-2-18(31)27-13-4-3-7-29(11-13)21-15(23)8-12(9-17(26)30)20-19(21)14-10-22(24,25)6-5-16(14)28-20/h2,8,13,28H,1,3-7,9-11H2,(H2,26,30)(H,27,31)/t13-/m0/s1. The fraction of sp³-hybridized carbons (Fsp3) is 0.455. The number of nitrogens with zero attached hydrogens (tertiary/aromatic N) is 1. The summed E-state index contributed by atoms with van der Waals surface area (Å²) in [5.41, 5.74) is 7.44. The van der Waals surface area contributed by atoms with Crippen molar-refractivity contribution in [2.45, 2.75) is 50.5 Å². The van der Waals surface area contributed by atoms with Gasteiger partial charge in [0.2, 0.25) is 11.8 Å². The second kappa shape index (κ2) is 7.94. The molecule has 1 saturated heterocycles. The zero-order chi connectivity index (χ0) is 22.3. The Morgan fingerprint density at radius 1 is 1.42 bits per heavy atom. The summed E-state index contributed by atoms with van der Waals surface area (Å²) in [6.45, 7) is 4.32. The number of piperidine rings is 1. The van der Waals surface area contributed by atoms with Crippen molar-refractivity contribution >= 4 is 28.4 Å². The van der Waals surface area contributed by atoms with Crippen LogP contribution >= 0.6 is 0 Å². The Bertz CT molecular complexity index is 1060. The third-order valence-electron chi connectivity index (χ3n) is 6.09. The molecule has 4 rings (SSSR count). The second-order valence-electron chi connectivity index (χ2n) is 8.37. The van der Waals surface area contributed by atoms with E-state index in [1.807, 2.05) is 0 Å². The van der Waals surface area contributed by atoms with Gasteiger partial charge in [-0.3, -0.25) is 9.59 Å². The van der Waals surface area contributed by atoms with Crippen molar-refractivity contribution in [3.05, 3.63) is 41.4 Å². The summed E-state index contributed by atoms with van der Waals surface area (Å²) in [4.78, 5) is 28.2. The van der Waals surface area contributed by atoms with E-state index in [1.165, 1.54) is 12.1 Å². The van der Waals surface area contributed by atoms with Gasteiger partial charge in [0.1, 0.15) is 5.82 Å². The van der Waals surface area contributed by atoms with Crippen LogP contribution < -0.4 is 16.0 Å². The molecular weight excluding hydrogens is 409 g/mol. The van der Waals surface area contributed by atoms with Gasteiger partial charge in [0, 0.05) is 43.1 Å². The second-order valence-corrected chi connectivity index (χ2v) is 8.37. The van der Waals surface area contributed by atoms with Crippen molar-refractivity contribution in [2.75, 3.05) is 18.0 Å². The monoisotopic (exact) mass is 434 g/mol. The molecule has 0 saturated carbocycles. The lowest BCUT2D eigenvalue weighted by Crippen LogP contribution is -2.47. The molecule has 2 aliphatic rings. The van der Waals surface area contributed by atoms with Crippen LogP contribution in [0.1, 0.15) is 36.1 Å². The number of rotatable bonds is 5. The van der Waals surface area contributed by atoms with E-state index in [9.17, 15) is 18.4 Å². The van der Waals surface area contributed by atoms with Crippen molar-refractivity contribution in [3.63, 3.8) is 0 Å². The number of carbonyl (C=O) groups is 2. The number of aromatic nitrogens is 1. The minimum atomic E-state index is -2.88. The molecule has 166 valence electrons. The van der Waals surface area contributed by atoms with Gasteiger partial charge < -0.3 is 20.9 Å². The first-order valence-electron chi connectivity index (χ1n) is 10.4. The van der Waals surface area contributed by atoms with E-state index >= 15 is 4.39 Å². The molecule has 0 bridgehead atoms. The zero-order valence-corrected chi connectivity index (χ0v) is 17.1. The van der Waals surface area contributed by atoms with Gasteiger partial charge in [0.15, 0.2) is 0 Å². The number of amides is 2. The predicted molar refractivity (Wildman–Crippen MR) is 112 cm³/mol. The maximum atomic E-state index is 15.4. The van der Waals surface area contributed by atoms with Gasteiger partial charge >= 0.3 is 0 Å². The first-order valence-corrected chi connectivity index (χ1v) is 10.4. The Labute approximate surface area is 177 Å². The molecule has 1 aliphatic carbocycles. The first-order chi connectivity index (χ1) is 14.7. The molecule has 0 spiro atoms. The summed E-state index contributed by atoms with van der Waals surface area (Å²) in [6, 6.07) is 1.05. The van der Waals surface area contributed by atoms with Crippen molar-refractivity contribution < 1.29 is 22.8 Å². The first kappa shape index (κ1) is 21.3. The van der Waals surface area contributed by atoms with Crippen LogP contribution in [0.25, 0.3) is 10.9 Å². The molecule has 9 heteroatoms. The average molecular weight is 434 g/mol. The van der Waals surface area contributed by atoms with E-state index in [0.29, 0.717) is 47.2 Å². The number of carbonyl (C=O) groups excluding carboxylic acids is 2. The van der Waals surface area contributed by atoms with Gasteiger partial charge in [-0.15, -0.1) is 0 Å². The summed E-state index contributed by atoms with van der Waals surface area (Å²) in [6.07, 6.45) is 1.79. The van der Waals surface area contributed by atoms with Crippen LogP contribution in [0.4, 0.5) is 18.9 Å². The lowest BCUT2D eigenvalue weighted by atomic mass is 9.90. The number of nitrogens with two attached hydrogens (primary N) is 1. The Morgan fingerprint density at radius 3 is 2.90 bits per heavy atom. The highest BCUT2D eigenvalue weighted by molar-refractivity contribution is 6.00. The van der Waals surface area contributed by atoms with Gasteiger partial charge in [0.25, 0.3) is 5.92 Å². The van der Waals surface area contributed by atoms with Crippen molar-refractivity contribution in [2.24, 2.45) is 5.73 Å². The summed E-state index contributed by atoms with van der Waals surface area (Å²) < 4.78 is 43.9. The van der Waals surface area contributed by atoms with E-state index in [-0.39, 0.29) is 36.9 Å². The molecule has 0 unspecified atom stereocenters. The molecule has 2 aromatic rings. The van der Waals surface area contributed by atoms with Gasteiger partial charge in [-0.1, -0.05) is 6.58 Å². The summed E-state index contributed by atoms with van der Waals surface area (Å²) >= 11 is 0. The number of anilines is 1. The number of aromatic amines is 1. The molecule has 2 heterocycles. The molecule has 31 heavy (non-hydrogen) atoms. The highest BCUT2D eigenvalue weighted by atomic mass is 19.3. The maximum absolute atomic E-state index is 15.4. The number of H-pyrrole nitrogens is 1. The van der Waals surface area contributed by atoms with Gasteiger partial charge in [-0.2, -0.15) is 0 Å². The van der Waals surface area contributed by atoms with E-state index in [1.54, 1.807) is 4.90 Å². The number of hydrogen-bond acceptors (Lipinski definition) is 3. The van der Waals surface area contributed by atoms with Gasteiger partial charge in [-0.25, -0.2) is 13.2 Å². The number of primary amides is 1.